The van der Waals surface area contributed by atoms with E-state index in [-0.39, 0.29) is 11.0 Å². The van der Waals surface area contributed by atoms with Crippen molar-refractivity contribution < 1.29 is 0 Å². The van der Waals surface area contributed by atoms with Gasteiger partial charge in [0, 0.05) is 22.3 Å². The Balaban J connectivity index is 1.46. The molecule has 0 atom stereocenters. The van der Waals surface area contributed by atoms with Crippen LogP contribution in [0.5, 0.6) is 0 Å². The number of aryl methyl sites for hydroxylation is 2. The van der Waals surface area contributed by atoms with Crippen molar-refractivity contribution in [1.29, 1.82) is 0 Å². The first kappa shape index (κ1) is 24.4. The molecule has 2 aliphatic rings. The fraction of sp³-hybridized carbons (Fsp3) is 0.303. The molecule has 3 aromatic carbocycles. The van der Waals surface area contributed by atoms with Crippen LogP contribution in [0.4, 0.5) is 0 Å². The number of thioether (sulfide) groups is 1. The number of nitrogens with zero attached hydrogens (tertiary/aromatic N) is 4. The minimum Gasteiger partial charge on any atom is -0.305 e. The molecule has 7 rings (SSSR count). The van der Waals surface area contributed by atoms with E-state index in [1.165, 1.54) is 27.8 Å². The Labute approximate surface area is 232 Å². The average molecular weight is 533 g/mol. The van der Waals surface area contributed by atoms with E-state index in [1.807, 2.05) is 0 Å². The molecule has 0 amide bonds. The van der Waals surface area contributed by atoms with Crippen LogP contribution in [-0.4, -0.2) is 19.2 Å². The van der Waals surface area contributed by atoms with Gasteiger partial charge in [0.25, 0.3) is 5.56 Å². The van der Waals surface area contributed by atoms with E-state index >= 15 is 0 Å². The fourth-order valence-electron chi connectivity index (χ4n) is 6.61. The molecule has 39 heavy (non-hydrogen) atoms. The normalized spacial score (nSPS) is 15.5. The molecular formula is C33H32N4OS. The quantitative estimate of drug-likeness (QED) is 0.232. The van der Waals surface area contributed by atoms with Crippen molar-refractivity contribution in [1.82, 2.24) is 19.2 Å². The first-order valence-corrected chi connectivity index (χ1v) is 14.9. The van der Waals surface area contributed by atoms with Crippen LogP contribution in [0.3, 0.4) is 0 Å². The molecular weight excluding hydrogens is 500 g/mol. The number of benzene rings is 3. The highest BCUT2D eigenvalue weighted by molar-refractivity contribution is 7.98. The molecule has 0 bridgehead atoms. The maximum atomic E-state index is 14.6. The number of aromatic nitrogens is 4. The maximum absolute atomic E-state index is 14.6. The lowest BCUT2D eigenvalue weighted by atomic mass is 9.68. The van der Waals surface area contributed by atoms with Crippen molar-refractivity contribution >= 4 is 17.5 Å². The van der Waals surface area contributed by atoms with Gasteiger partial charge in [0.2, 0.25) is 5.78 Å². The molecule has 2 heterocycles. The zero-order valence-corrected chi connectivity index (χ0v) is 23.3. The second-order valence-corrected chi connectivity index (χ2v) is 12.3. The first-order chi connectivity index (χ1) is 19.0. The van der Waals surface area contributed by atoms with Crippen LogP contribution < -0.4 is 5.56 Å². The summed E-state index contributed by atoms with van der Waals surface area (Å²) >= 11 is 1.59. The summed E-state index contributed by atoms with van der Waals surface area (Å²) in [6, 6.07) is 25.9. The number of rotatable bonds is 5. The van der Waals surface area contributed by atoms with E-state index in [2.05, 4.69) is 101 Å². The first-order valence-electron chi connectivity index (χ1n) is 13.9. The van der Waals surface area contributed by atoms with E-state index in [0.717, 1.165) is 54.7 Å². The topological polar surface area (TPSA) is 52.2 Å². The van der Waals surface area contributed by atoms with Gasteiger partial charge in [-0.1, -0.05) is 109 Å². The Hall–Kier alpha value is -3.64. The van der Waals surface area contributed by atoms with Crippen LogP contribution in [0.2, 0.25) is 0 Å². The van der Waals surface area contributed by atoms with Crippen molar-refractivity contribution in [2.75, 3.05) is 0 Å². The molecule has 2 aromatic heterocycles. The molecule has 2 aliphatic carbocycles. The van der Waals surface area contributed by atoms with Crippen LogP contribution in [0.25, 0.3) is 17.0 Å². The van der Waals surface area contributed by atoms with Crippen LogP contribution in [0, 0.1) is 13.8 Å². The molecule has 0 N–H and O–H groups in total. The third kappa shape index (κ3) is 4.13. The Kier molecular flexibility index (Phi) is 5.96. The molecule has 5 aromatic rings. The van der Waals surface area contributed by atoms with Crippen LogP contribution in [0.1, 0.15) is 59.1 Å². The van der Waals surface area contributed by atoms with Gasteiger partial charge in [-0.2, -0.15) is 0 Å². The number of hydrogen-bond acceptors (Lipinski definition) is 4. The fourth-order valence-corrected chi connectivity index (χ4v) is 7.49. The third-order valence-corrected chi connectivity index (χ3v) is 9.62. The maximum Gasteiger partial charge on any atom is 0.265 e. The Morgan fingerprint density at radius 3 is 2.23 bits per heavy atom. The molecule has 0 radical (unpaired) electrons. The van der Waals surface area contributed by atoms with Crippen LogP contribution >= 0.6 is 11.8 Å². The number of hydrogen-bond donors (Lipinski definition) is 0. The lowest BCUT2D eigenvalue weighted by molar-refractivity contribution is 0.422. The summed E-state index contributed by atoms with van der Waals surface area (Å²) in [4.78, 5) is 14.6. The van der Waals surface area contributed by atoms with Gasteiger partial charge in [0.1, 0.15) is 0 Å². The van der Waals surface area contributed by atoms with Crippen molar-refractivity contribution in [3.63, 3.8) is 0 Å². The SMILES string of the molecule is Cc1ccc(CSc2nnc3n(Cc4ccc(C)cc4)c4c(c(=O)n23)C2(CCCC2)Cc2ccccc2-4)cc1. The van der Waals surface area contributed by atoms with E-state index < -0.39 is 0 Å². The van der Waals surface area contributed by atoms with Crippen molar-refractivity contribution in [3.8, 4) is 11.3 Å². The third-order valence-electron chi connectivity index (χ3n) is 8.62. The van der Waals surface area contributed by atoms with Gasteiger partial charge in [0.05, 0.1) is 12.2 Å². The van der Waals surface area contributed by atoms with Gasteiger partial charge in [-0.3, -0.25) is 4.79 Å². The second-order valence-electron chi connectivity index (χ2n) is 11.3. The lowest BCUT2D eigenvalue weighted by Crippen LogP contribution is -2.40. The van der Waals surface area contributed by atoms with Crippen LogP contribution in [0.15, 0.2) is 82.7 Å². The molecule has 5 nitrogen and oxygen atoms in total. The monoisotopic (exact) mass is 532 g/mol. The smallest absolute Gasteiger partial charge is 0.265 e. The highest BCUT2D eigenvalue weighted by Crippen LogP contribution is 2.50. The van der Waals surface area contributed by atoms with E-state index in [1.54, 1.807) is 16.2 Å². The summed E-state index contributed by atoms with van der Waals surface area (Å²) in [7, 11) is 0. The van der Waals surface area contributed by atoms with Gasteiger partial charge in [-0.15, -0.1) is 10.2 Å². The van der Waals surface area contributed by atoms with Gasteiger partial charge in [-0.25, -0.2) is 4.40 Å². The average Bonchev–Trinajstić information content (AvgIpc) is 3.59. The van der Waals surface area contributed by atoms with Gasteiger partial charge < -0.3 is 4.57 Å². The largest absolute Gasteiger partial charge is 0.305 e. The lowest BCUT2D eigenvalue weighted by Gasteiger charge is -2.37. The summed E-state index contributed by atoms with van der Waals surface area (Å²) in [5.41, 5.74) is 9.31. The molecule has 0 unspecified atom stereocenters. The minimum absolute atomic E-state index is 0.0629. The van der Waals surface area contributed by atoms with Crippen molar-refractivity contribution in [2.24, 2.45) is 0 Å². The molecule has 1 saturated carbocycles. The molecule has 1 fully saturated rings. The zero-order valence-electron chi connectivity index (χ0n) is 22.5. The number of fused-ring (bicyclic) bond motifs is 5. The molecule has 196 valence electrons. The molecule has 6 heteroatoms. The summed E-state index contributed by atoms with van der Waals surface area (Å²) in [5.74, 6) is 1.36. The standard InChI is InChI=1S/C33H32N4OS/c1-22-9-13-24(14-10-22)20-36-29-27-8-4-3-7-26(27)19-33(17-5-6-18-33)28(29)30(38)37-31(36)34-35-32(37)39-21-25-15-11-23(2)12-16-25/h3-4,7-16H,5-6,17-21H2,1-2H3. The highest BCUT2D eigenvalue weighted by Gasteiger charge is 2.45. The summed E-state index contributed by atoms with van der Waals surface area (Å²) in [6.45, 7) is 4.84. The highest BCUT2D eigenvalue weighted by atomic mass is 32.2. The van der Waals surface area contributed by atoms with Crippen molar-refractivity contribution in [3.05, 3.63) is 117 Å². The van der Waals surface area contributed by atoms with E-state index in [0.29, 0.717) is 17.5 Å². The van der Waals surface area contributed by atoms with Gasteiger partial charge in [0.15, 0.2) is 5.16 Å². The Bertz CT molecular complexity index is 1740. The Morgan fingerprint density at radius 2 is 1.51 bits per heavy atom. The predicted molar refractivity (Wildman–Crippen MR) is 158 cm³/mol. The predicted octanol–water partition coefficient (Wildman–Crippen LogP) is 6.88. The Morgan fingerprint density at radius 1 is 0.846 bits per heavy atom. The van der Waals surface area contributed by atoms with Crippen molar-refractivity contribution in [2.45, 2.75) is 68.8 Å². The van der Waals surface area contributed by atoms with E-state index in [4.69, 9.17) is 0 Å². The molecule has 1 spiro atoms. The minimum atomic E-state index is -0.132. The van der Waals surface area contributed by atoms with E-state index in [9.17, 15) is 4.79 Å². The molecule has 0 aliphatic heterocycles. The second kappa shape index (κ2) is 9.53. The summed E-state index contributed by atoms with van der Waals surface area (Å²) < 4.78 is 4.07. The molecule has 0 saturated heterocycles. The van der Waals surface area contributed by atoms with Crippen LogP contribution in [-0.2, 0) is 24.1 Å². The van der Waals surface area contributed by atoms with Gasteiger partial charge >= 0.3 is 0 Å². The summed E-state index contributed by atoms with van der Waals surface area (Å²) in [5, 5.41) is 9.94. The zero-order chi connectivity index (χ0) is 26.6. The summed E-state index contributed by atoms with van der Waals surface area (Å²) in [6.07, 6.45) is 5.35. The van der Waals surface area contributed by atoms with Gasteiger partial charge in [-0.05, 0) is 49.8 Å².